The van der Waals surface area contributed by atoms with Gasteiger partial charge in [0.15, 0.2) is 0 Å². The minimum Gasteiger partial charge on any atom is -0.348 e. The Kier molecular flexibility index (Phi) is 5.04. The smallest absolute Gasteiger partial charge is 0.253 e. The average Bonchev–Trinajstić information content (AvgIpc) is 2.92. The number of hydrogen-bond acceptors (Lipinski definition) is 2. The molecule has 0 saturated carbocycles. The number of nitrogens with zero attached hydrogens (tertiary/aromatic N) is 1. The summed E-state index contributed by atoms with van der Waals surface area (Å²) in [5.74, 6) is -0.194. The fourth-order valence-electron chi connectivity index (χ4n) is 3.44. The summed E-state index contributed by atoms with van der Waals surface area (Å²) < 4.78 is 2.07. The summed E-state index contributed by atoms with van der Waals surface area (Å²) in [6.07, 6.45) is 0. The molecular formula is C22H25N3O2. The van der Waals surface area contributed by atoms with Crippen molar-refractivity contribution in [3.63, 3.8) is 0 Å². The van der Waals surface area contributed by atoms with Crippen LogP contribution in [0.5, 0.6) is 0 Å². The van der Waals surface area contributed by atoms with Gasteiger partial charge in [-0.15, -0.1) is 0 Å². The van der Waals surface area contributed by atoms with Gasteiger partial charge in [0.2, 0.25) is 0 Å². The third kappa shape index (κ3) is 3.72. The molecule has 0 spiro atoms. The number of hydrogen-bond donors (Lipinski definition) is 2. The van der Waals surface area contributed by atoms with Gasteiger partial charge in [0, 0.05) is 29.2 Å². The van der Waals surface area contributed by atoms with E-state index in [1.165, 1.54) is 0 Å². The van der Waals surface area contributed by atoms with Crippen LogP contribution >= 0.6 is 0 Å². The lowest BCUT2D eigenvalue weighted by molar-refractivity contribution is 0.0950. The van der Waals surface area contributed by atoms with E-state index in [4.69, 9.17) is 0 Å². The Hall–Kier alpha value is -3.08. The third-order valence-electron chi connectivity index (χ3n) is 4.83. The van der Waals surface area contributed by atoms with E-state index in [-0.39, 0.29) is 18.0 Å². The minimum absolute atomic E-state index is 0.158. The lowest BCUT2D eigenvalue weighted by Crippen LogP contribution is -2.28. The summed E-state index contributed by atoms with van der Waals surface area (Å²) in [4.78, 5) is 27.9. The number of H-pyrrole nitrogens is 1. The van der Waals surface area contributed by atoms with E-state index >= 15 is 0 Å². The molecule has 2 N–H and O–H groups in total. The van der Waals surface area contributed by atoms with Crippen LogP contribution in [0.25, 0.3) is 5.69 Å². The summed E-state index contributed by atoms with van der Waals surface area (Å²) >= 11 is 0. The second kappa shape index (κ2) is 7.27. The Morgan fingerprint density at radius 3 is 2.30 bits per heavy atom. The monoisotopic (exact) mass is 363 g/mol. The summed E-state index contributed by atoms with van der Waals surface area (Å²) in [6, 6.07) is 11.8. The predicted octanol–water partition coefficient (Wildman–Crippen LogP) is 3.64. The van der Waals surface area contributed by atoms with Gasteiger partial charge in [-0.3, -0.25) is 9.59 Å². The van der Waals surface area contributed by atoms with E-state index in [0.717, 1.165) is 33.9 Å². The van der Waals surface area contributed by atoms with Crippen molar-refractivity contribution >= 4 is 5.91 Å². The van der Waals surface area contributed by atoms with Crippen LogP contribution in [0.2, 0.25) is 0 Å². The van der Waals surface area contributed by atoms with Crippen LogP contribution in [0.15, 0.2) is 41.2 Å². The molecule has 3 rings (SSSR count). The first-order valence-corrected chi connectivity index (χ1v) is 9.01. The van der Waals surface area contributed by atoms with Crippen LogP contribution in [-0.4, -0.2) is 15.5 Å². The van der Waals surface area contributed by atoms with E-state index < -0.39 is 0 Å². The quantitative estimate of drug-likeness (QED) is 0.743. The molecule has 0 unspecified atom stereocenters. The normalized spacial score (nSPS) is 10.9. The fraction of sp³-hybridized carbons (Fsp3) is 0.273. The first-order chi connectivity index (χ1) is 12.8. The van der Waals surface area contributed by atoms with Gasteiger partial charge in [0.25, 0.3) is 11.5 Å². The molecule has 3 aromatic rings. The van der Waals surface area contributed by atoms with E-state index in [0.29, 0.717) is 11.1 Å². The van der Waals surface area contributed by atoms with E-state index in [2.05, 4.69) is 14.9 Å². The Morgan fingerprint density at radius 1 is 1.00 bits per heavy atom. The average molecular weight is 363 g/mol. The number of benzene rings is 1. The zero-order chi connectivity index (χ0) is 19.7. The number of aromatic nitrogens is 2. The lowest BCUT2D eigenvalue weighted by atomic mass is 10.1. The second-order valence-electron chi connectivity index (χ2n) is 7.10. The Morgan fingerprint density at radius 2 is 1.67 bits per heavy atom. The molecule has 27 heavy (non-hydrogen) atoms. The zero-order valence-electron chi connectivity index (χ0n) is 16.4. The van der Waals surface area contributed by atoms with Crippen molar-refractivity contribution in [1.82, 2.24) is 14.9 Å². The highest BCUT2D eigenvalue weighted by Gasteiger charge is 2.16. The second-order valence-corrected chi connectivity index (χ2v) is 7.10. The number of carbonyl (C=O) groups is 1. The molecule has 5 nitrogen and oxygen atoms in total. The molecule has 0 radical (unpaired) electrons. The van der Waals surface area contributed by atoms with Crippen LogP contribution in [0.1, 0.15) is 44.1 Å². The number of aryl methyl sites for hydroxylation is 5. The van der Waals surface area contributed by atoms with Crippen molar-refractivity contribution in [3.05, 3.63) is 86.1 Å². The van der Waals surface area contributed by atoms with Gasteiger partial charge >= 0.3 is 0 Å². The molecule has 0 atom stereocenters. The standard InChI is InChI=1S/C22H25N3O2/c1-13-6-9-20(25-16(4)7-8-17(25)5)18(10-13)21(26)23-12-19-14(2)11-15(3)24-22(19)27/h6-11H,12H2,1-5H3,(H,23,26)(H,24,27). The van der Waals surface area contributed by atoms with Crippen LogP contribution in [0, 0.1) is 34.6 Å². The van der Waals surface area contributed by atoms with E-state index in [1.807, 2.05) is 71.0 Å². The van der Waals surface area contributed by atoms with Crippen molar-refractivity contribution in [1.29, 1.82) is 0 Å². The van der Waals surface area contributed by atoms with Crippen LogP contribution < -0.4 is 10.9 Å². The Balaban J connectivity index is 1.94. The van der Waals surface area contributed by atoms with E-state index in [9.17, 15) is 9.59 Å². The molecule has 0 fully saturated rings. The van der Waals surface area contributed by atoms with Crippen molar-refractivity contribution in [2.75, 3.05) is 0 Å². The lowest BCUT2D eigenvalue weighted by Gasteiger charge is -2.16. The summed E-state index contributed by atoms with van der Waals surface area (Å²) in [7, 11) is 0. The largest absolute Gasteiger partial charge is 0.348 e. The molecule has 5 heteroatoms. The van der Waals surface area contributed by atoms with Crippen LogP contribution in [0.3, 0.4) is 0 Å². The molecule has 0 aliphatic heterocycles. The van der Waals surface area contributed by atoms with Gasteiger partial charge in [-0.1, -0.05) is 11.6 Å². The number of nitrogens with one attached hydrogen (secondary N) is 2. The molecule has 0 aliphatic rings. The molecule has 2 heterocycles. The molecule has 0 aliphatic carbocycles. The number of amides is 1. The van der Waals surface area contributed by atoms with Crippen LogP contribution in [-0.2, 0) is 6.54 Å². The number of rotatable bonds is 4. The first kappa shape index (κ1) is 18.7. The molecule has 2 aromatic heterocycles. The van der Waals surface area contributed by atoms with Crippen molar-refractivity contribution < 1.29 is 4.79 Å². The van der Waals surface area contributed by atoms with Crippen molar-refractivity contribution in [3.8, 4) is 5.69 Å². The Labute approximate surface area is 159 Å². The maximum Gasteiger partial charge on any atom is 0.253 e. The van der Waals surface area contributed by atoms with Crippen molar-refractivity contribution in [2.24, 2.45) is 0 Å². The van der Waals surface area contributed by atoms with Gasteiger partial charge in [-0.25, -0.2) is 0 Å². The third-order valence-corrected chi connectivity index (χ3v) is 4.83. The summed E-state index contributed by atoms with van der Waals surface area (Å²) in [6.45, 7) is 9.92. The van der Waals surface area contributed by atoms with Gasteiger partial charge in [-0.05, 0) is 70.5 Å². The molecule has 0 bridgehead atoms. The molecule has 1 amide bonds. The molecule has 1 aromatic carbocycles. The maximum absolute atomic E-state index is 13.0. The Bertz CT molecular complexity index is 1050. The van der Waals surface area contributed by atoms with Gasteiger partial charge in [0.1, 0.15) is 0 Å². The predicted molar refractivity (Wildman–Crippen MR) is 108 cm³/mol. The van der Waals surface area contributed by atoms with Gasteiger partial charge in [-0.2, -0.15) is 0 Å². The number of pyridine rings is 1. The molecule has 0 saturated heterocycles. The topological polar surface area (TPSA) is 66.9 Å². The molecular weight excluding hydrogens is 338 g/mol. The maximum atomic E-state index is 13.0. The summed E-state index contributed by atoms with van der Waals surface area (Å²) in [5.41, 5.74) is 6.69. The van der Waals surface area contributed by atoms with E-state index in [1.54, 1.807) is 0 Å². The van der Waals surface area contributed by atoms with Gasteiger partial charge in [0.05, 0.1) is 11.3 Å². The van der Waals surface area contributed by atoms with Gasteiger partial charge < -0.3 is 14.9 Å². The highest BCUT2D eigenvalue weighted by Crippen LogP contribution is 2.22. The number of carbonyl (C=O) groups excluding carboxylic acids is 1. The van der Waals surface area contributed by atoms with Crippen LogP contribution in [0.4, 0.5) is 0 Å². The SMILES string of the molecule is Cc1ccc(-n2c(C)ccc2C)c(C(=O)NCc2c(C)cc(C)[nH]c2=O)c1. The molecule has 140 valence electrons. The summed E-state index contributed by atoms with van der Waals surface area (Å²) in [5, 5.41) is 2.91. The number of aromatic amines is 1. The fourth-order valence-corrected chi connectivity index (χ4v) is 3.44. The first-order valence-electron chi connectivity index (χ1n) is 9.01. The highest BCUT2D eigenvalue weighted by atomic mass is 16.1. The van der Waals surface area contributed by atoms with Crippen molar-refractivity contribution in [2.45, 2.75) is 41.2 Å². The highest BCUT2D eigenvalue weighted by molar-refractivity contribution is 5.98. The zero-order valence-corrected chi connectivity index (χ0v) is 16.4. The minimum atomic E-state index is -0.194.